The first-order valence-corrected chi connectivity index (χ1v) is 2.63. The molecule has 0 unspecified atom stereocenters. The number of halogens is 3. The van der Waals surface area contributed by atoms with Crippen LogP contribution in [-0.2, 0) is 0 Å². The zero-order valence-corrected chi connectivity index (χ0v) is 8.92. The van der Waals surface area contributed by atoms with Gasteiger partial charge in [-0.2, -0.15) is 0 Å². The van der Waals surface area contributed by atoms with Crippen molar-refractivity contribution >= 4 is 37.2 Å². The third-order valence-electron chi connectivity index (χ3n) is 0.756. The first-order valence-electron chi connectivity index (χ1n) is 2.63. The van der Waals surface area contributed by atoms with Crippen LogP contribution in [0.25, 0.3) is 0 Å². The summed E-state index contributed by atoms with van der Waals surface area (Å²) < 4.78 is 0. The van der Waals surface area contributed by atoms with E-state index in [1.807, 2.05) is 6.07 Å². The third kappa shape index (κ3) is 12.3. The van der Waals surface area contributed by atoms with Crippen LogP contribution in [0.3, 0.4) is 0 Å². The van der Waals surface area contributed by atoms with E-state index in [-0.39, 0.29) is 37.2 Å². The summed E-state index contributed by atoms with van der Waals surface area (Å²) in [6, 6.07) is 8.71. The summed E-state index contributed by atoms with van der Waals surface area (Å²) in [4.78, 5) is 0. The molecule has 12 heavy (non-hydrogen) atoms. The summed E-state index contributed by atoms with van der Waals surface area (Å²) in [6.07, 6.45) is 0. The third-order valence-corrected chi connectivity index (χ3v) is 0.756. The molecule has 0 spiro atoms. The first kappa shape index (κ1) is 22.6. The molecule has 0 bridgehead atoms. The maximum absolute atomic E-state index is 8.63. The lowest BCUT2D eigenvalue weighted by atomic mass is 10.3. The number of rotatable bonds is 0. The number of benzene rings is 1. The summed E-state index contributed by atoms with van der Waals surface area (Å²) in [5.74, 6) is 0.322. The van der Waals surface area contributed by atoms with Crippen molar-refractivity contribution in [2.24, 2.45) is 0 Å². The van der Waals surface area contributed by atoms with Gasteiger partial charge in [0.15, 0.2) is 0 Å². The summed E-state index contributed by atoms with van der Waals surface area (Å²) in [7, 11) is 0. The van der Waals surface area contributed by atoms with Crippen LogP contribution in [0, 0.1) is 0 Å². The van der Waals surface area contributed by atoms with Crippen LogP contribution in [0.5, 0.6) is 5.75 Å². The number of phenols is 1. The van der Waals surface area contributed by atoms with Gasteiger partial charge < -0.3 is 5.11 Å². The first-order chi connectivity index (χ1) is 4.39. The predicted molar refractivity (Wildman–Crippen MR) is 61.1 cm³/mol. The quantitative estimate of drug-likeness (QED) is 0.678. The molecular formula is C8H13Cl3O. The van der Waals surface area contributed by atoms with E-state index in [1.165, 1.54) is 0 Å². The molecule has 0 saturated heterocycles. The molecule has 0 heterocycles. The number of para-hydroxylation sites is 1. The van der Waals surface area contributed by atoms with Crippen molar-refractivity contribution in [3.63, 3.8) is 0 Å². The molecule has 1 nitrogen and oxygen atoms in total. The van der Waals surface area contributed by atoms with E-state index in [4.69, 9.17) is 5.11 Å². The summed E-state index contributed by atoms with van der Waals surface area (Å²) in [5.41, 5.74) is 0. The Kier molecular flexibility index (Phi) is 31.9. The zero-order valence-electron chi connectivity index (χ0n) is 6.47. The molecule has 1 aromatic carbocycles. The van der Waals surface area contributed by atoms with Gasteiger partial charge >= 0.3 is 0 Å². The van der Waals surface area contributed by atoms with Crippen molar-refractivity contribution in [2.45, 2.75) is 0 Å². The van der Waals surface area contributed by atoms with Gasteiger partial charge in [0.1, 0.15) is 5.75 Å². The van der Waals surface area contributed by atoms with Gasteiger partial charge in [-0.05, 0) is 12.1 Å². The van der Waals surface area contributed by atoms with Gasteiger partial charge in [0.25, 0.3) is 0 Å². The fourth-order valence-corrected chi connectivity index (χ4v) is 0.428. The van der Waals surface area contributed by atoms with Crippen molar-refractivity contribution in [2.75, 3.05) is 0 Å². The molecule has 0 amide bonds. The van der Waals surface area contributed by atoms with E-state index in [1.54, 1.807) is 24.3 Å². The fourth-order valence-electron chi connectivity index (χ4n) is 0.428. The normalized spacial score (nSPS) is 5.33. The highest BCUT2D eigenvalue weighted by Crippen LogP contribution is 2.02. The Morgan fingerprint density at radius 1 is 0.833 bits per heavy atom. The summed E-state index contributed by atoms with van der Waals surface area (Å²) >= 11 is 0. The molecule has 0 atom stereocenters. The molecule has 0 saturated carbocycles. The average molecular weight is 232 g/mol. The second-order valence-electron chi connectivity index (χ2n) is 1.34. The Labute approximate surface area is 91.7 Å². The molecular weight excluding hydrogens is 218 g/mol. The number of hydrogen-bond donors (Lipinski definition) is 1. The maximum Gasteiger partial charge on any atom is 0.115 e. The molecule has 0 aliphatic carbocycles. The topological polar surface area (TPSA) is 20.2 Å². The predicted octanol–water partition coefficient (Wildman–Crippen LogP) is 3.46. The number of phenolic OH excluding ortho intramolecular Hbond substituents is 1. The van der Waals surface area contributed by atoms with Crippen LogP contribution < -0.4 is 0 Å². The van der Waals surface area contributed by atoms with Crippen LogP contribution in [-0.4, -0.2) is 5.11 Å². The van der Waals surface area contributed by atoms with Gasteiger partial charge in [0.05, 0.1) is 0 Å². The summed E-state index contributed by atoms with van der Waals surface area (Å²) in [5, 5.41) is 8.63. The Hall–Kier alpha value is -0.370. The minimum atomic E-state index is 0. The molecule has 1 aromatic rings. The molecule has 1 rings (SSSR count). The van der Waals surface area contributed by atoms with E-state index in [0.29, 0.717) is 5.75 Å². The minimum absolute atomic E-state index is 0. The highest BCUT2D eigenvalue weighted by atomic mass is 35.5. The lowest BCUT2D eigenvalue weighted by Crippen LogP contribution is -1.56. The van der Waals surface area contributed by atoms with Gasteiger partial charge in [0.2, 0.25) is 0 Å². The van der Waals surface area contributed by atoms with Crippen LogP contribution in [0.1, 0.15) is 0 Å². The Balaban J connectivity index is -0.0000000600. The van der Waals surface area contributed by atoms with Crippen molar-refractivity contribution < 1.29 is 5.11 Å². The second-order valence-corrected chi connectivity index (χ2v) is 1.34. The van der Waals surface area contributed by atoms with Gasteiger partial charge in [0, 0.05) is 0 Å². The molecule has 0 fully saturated rings. The largest absolute Gasteiger partial charge is 0.508 e. The van der Waals surface area contributed by atoms with Gasteiger partial charge in [-0.3, -0.25) is 0 Å². The Morgan fingerprint density at radius 2 is 1.17 bits per heavy atom. The van der Waals surface area contributed by atoms with Gasteiger partial charge in [-0.15, -0.1) is 50.4 Å². The highest BCUT2D eigenvalue weighted by molar-refractivity contribution is 5.86. The Bertz CT molecular complexity index is 156. The number of hydrogen-bond acceptors (Lipinski definition) is 1. The highest BCUT2D eigenvalue weighted by Gasteiger charge is 1.74. The van der Waals surface area contributed by atoms with Crippen molar-refractivity contribution in [3.05, 3.63) is 43.5 Å². The molecule has 0 aliphatic heterocycles. The van der Waals surface area contributed by atoms with Crippen LogP contribution in [0.2, 0.25) is 0 Å². The standard InChI is InChI=1S/C6H6O.C2H4.3ClH/c7-6-4-2-1-3-5-6;1-2;;;/h1-5,7H;1-2H2;3*1H. The van der Waals surface area contributed by atoms with Crippen molar-refractivity contribution in [1.29, 1.82) is 0 Å². The van der Waals surface area contributed by atoms with Crippen LogP contribution in [0.4, 0.5) is 0 Å². The molecule has 0 radical (unpaired) electrons. The van der Waals surface area contributed by atoms with E-state index in [9.17, 15) is 0 Å². The van der Waals surface area contributed by atoms with E-state index >= 15 is 0 Å². The zero-order chi connectivity index (χ0) is 7.11. The van der Waals surface area contributed by atoms with Crippen molar-refractivity contribution in [1.82, 2.24) is 0 Å². The molecule has 0 aromatic heterocycles. The van der Waals surface area contributed by atoms with Gasteiger partial charge in [-0.1, -0.05) is 18.2 Å². The Morgan fingerprint density at radius 3 is 1.33 bits per heavy atom. The van der Waals surface area contributed by atoms with E-state index in [2.05, 4.69) is 13.2 Å². The molecule has 1 N–H and O–H groups in total. The lowest BCUT2D eigenvalue weighted by Gasteiger charge is -1.82. The smallest absolute Gasteiger partial charge is 0.115 e. The SMILES string of the molecule is C=C.Cl.Cl.Cl.Oc1ccccc1. The summed E-state index contributed by atoms with van der Waals surface area (Å²) in [6.45, 7) is 6.00. The van der Waals surface area contributed by atoms with Crippen molar-refractivity contribution in [3.8, 4) is 5.75 Å². The van der Waals surface area contributed by atoms with Gasteiger partial charge in [-0.25, -0.2) is 0 Å². The fraction of sp³-hybridized carbons (Fsp3) is 0. The molecule has 72 valence electrons. The monoisotopic (exact) mass is 230 g/mol. The van der Waals surface area contributed by atoms with E-state index in [0.717, 1.165) is 0 Å². The van der Waals surface area contributed by atoms with Crippen LogP contribution in [0.15, 0.2) is 43.5 Å². The molecule has 0 aliphatic rings. The lowest BCUT2D eigenvalue weighted by molar-refractivity contribution is 0.475. The van der Waals surface area contributed by atoms with Crippen LogP contribution >= 0.6 is 37.2 Å². The second kappa shape index (κ2) is 16.9. The molecule has 4 heteroatoms. The van der Waals surface area contributed by atoms with E-state index < -0.39 is 0 Å². The minimum Gasteiger partial charge on any atom is -0.508 e. The maximum atomic E-state index is 8.63. The average Bonchev–Trinajstić information content (AvgIpc) is 1.94. The number of aromatic hydroxyl groups is 1.